The van der Waals surface area contributed by atoms with Crippen LogP contribution in [-0.4, -0.2) is 54.4 Å². The van der Waals surface area contributed by atoms with E-state index in [2.05, 4.69) is 30.4 Å². The summed E-state index contributed by atoms with van der Waals surface area (Å²) in [6, 6.07) is 14.0. The fourth-order valence-electron chi connectivity index (χ4n) is 3.97. The average molecular weight is 534 g/mol. The smallest absolute Gasteiger partial charge is 0.287 e. The number of aromatic nitrogens is 3. The van der Waals surface area contributed by atoms with E-state index in [-0.39, 0.29) is 41.3 Å². The molecular weight excluding hydrogens is 510 g/mol. The third-order valence-electron chi connectivity index (χ3n) is 5.90. The van der Waals surface area contributed by atoms with E-state index in [4.69, 9.17) is 4.42 Å². The summed E-state index contributed by atoms with van der Waals surface area (Å²) in [7, 11) is -2.55. The van der Waals surface area contributed by atoms with E-state index in [1.54, 1.807) is 12.3 Å². The number of aliphatic imine (C=N–C) groups is 1. The Morgan fingerprint density at radius 2 is 1.95 bits per heavy atom. The first-order chi connectivity index (χ1) is 18.3. The lowest BCUT2D eigenvalue weighted by Crippen LogP contribution is -2.45. The summed E-state index contributed by atoms with van der Waals surface area (Å²) in [4.78, 5) is 32.9. The van der Waals surface area contributed by atoms with Gasteiger partial charge in [0.15, 0.2) is 0 Å². The van der Waals surface area contributed by atoms with Gasteiger partial charge in [0.25, 0.3) is 15.9 Å². The molecule has 1 unspecified atom stereocenters. The predicted octanol–water partition coefficient (Wildman–Crippen LogP) is 1.55. The number of fused-ring (bicyclic) bond motifs is 1. The van der Waals surface area contributed by atoms with Crippen LogP contribution in [0.4, 0.5) is 5.69 Å². The van der Waals surface area contributed by atoms with Gasteiger partial charge in [0.2, 0.25) is 17.6 Å². The molecule has 1 aliphatic heterocycles. The zero-order valence-electron chi connectivity index (χ0n) is 20.2. The van der Waals surface area contributed by atoms with Crippen molar-refractivity contribution in [2.45, 2.75) is 17.4 Å². The lowest BCUT2D eigenvalue weighted by molar-refractivity contribution is -0.121. The number of carbonyl (C=O) groups excluding carboxylic acids is 2. The fraction of sp³-hybridized carbons (Fsp3) is 0.160. The number of amides is 2. The van der Waals surface area contributed by atoms with Gasteiger partial charge in [-0.05, 0) is 23.3 Å². The third-order valence-corrected chi connectivity index (χ3v) is 7.27. The Kier molecular flexibility index (Phi) is 6.75. The van der Waals surface area contributed by atoms with Crippen molar-refractivity contribution in [3.05, 3.63) is 84.8 Å². The molecule has 1 aliphatic rings. The van der Waals surface area contributed by atoms with Crippen LogP contribution in [0, 0.1) is 0 Å². The van der Waals surface area contributed by atoms with Crippen molar-refractivity contribution in [1.82, 2.24) is 30.1 Å². The van der Waals surface area contributed by atoms with Gasteiger partial charge in [-0.25, -0.2) is 18.4 Å². The van der Waals surface area contributed by atoms with Gasteiger partial charge in [-0.1, -0.05) is 36.4 Å². The number of nitrogens with one attached hydrogen (secondary N) is 3. The maximum absolute atomic E-state index is 13.0. The fourth-order valence-corrected chi connectivity index (χ4v) is 5.14. The maximum atomic E-state index is 13.0. The lowest BCUT2D eigenvalue weighted by Gasteiger charge is -2.19. The molecule has 0 saturated heterocycles. The highest BCUT2D eigenvalue weighted by atomic mass is 32.2. The second-order valence-corrected chi connectivity index (χ2v) is 10.0. The van der Waals surface area contributed by atoms with Crippen LogP contribution in [0.1, 0.15) is 17.4 Å². The highest BCUT2D eigenvalue weighted by Crippen LogP contribution is 2.32. The first-order valence-corrected chi connectivity index (χ1v) is 13.0. The monoisotopic (exact) mass is 533 g/mol. The number of amidine groups is 1. The van der Waals surface area contributed by atoms with Crippen molar-refractivity contribution in [3.63, 3.8) is 0 Å². The molecule has 0 radical (unpaired) electrons. The maximum Gasteiger partial charge on any atom is 0.287 e. The molecule has 0 bridgehead atoms. The molecule has 194 valence electrons. The van der Waals surface area contributed by atoms with Crippen LogP contribution in [0.2, 0.25) is 0 Å². The second kappa shape index (κ2) is 10.3. The van der Waals surface area contributed by atoms with Crippen molar-refractivity contribution >= 4 is 33.4 Å². The zero-order valence-corrected chi connectivity index (χ0v) is 21.0. The van der Waals surface area contributed by atoms with Crippen LogP contribution < -0.4 is 15.4 Å². The molecule has 12 nitrogen and oxygen atoms in total. The van der Waals surface area contributed by atoms with Gasteiger partial charge in [-0.2, -0.15) is 5.10 Å². The minimum absolute atomic E-state index is 0.0329. The van der Waals surface area contributed by atoms with Crippen LogP contribution >= 0.6 is 0 Å². The van der Waals surface area contributed by atoms with E-state index in [0.717, 1.165) is 5.56 Å². The number of carbonyl (C=O) groups is 2. The quantitative estimate of drug-likeness (QED) is 0.310. The Bertz CT molecular complexity index is 1610. The largest absolute Gasteiger partial charge is 0.448 e. The van der Waals surface area contributed by atoms with Gasteiger partial charge < -0.3 is 15.1 Å². The summed E-state index contributed by atoms with van der Waals surface area (Å²) in [5.41, 5.74) is 2.19. The minimum Gasteiger partial charge on any atom is -0.448 e. The van der Waals surface area contributed by atoms with Crippen LogP contribution in [-0.2, 0) is 26.2 Å². The number of rotatable bonds is 8. The number of sulfonamides is 1. The number of benzene rings is 2. The van der Waals surface area contributed by atoms with E-state index >= 15 is 0 Å². The van der Waals surface area contributed by atoms with Crippen molar-refractivity contribution in [2.24, 2.45) is 4.99 Å². The van der Waals surface area contributed by atoms with Gasteiger partial charge in [-0.15, -0.1) is 0 Å². The number of hydrogen-bond acceptors (Lipinski definition) is 8. The third kappa shape index (κ3) is 5.18. The van der Waals surface area contributed by atoms with Crippen LogP contribution in [0.15, 0.2) is 87.7 Å². The van der Waals surface area contributed by atoms with E-state index in [1.165, 1.54) is 42.5 Å². The van der Waals surface area contributed by atoms with Gasteiger partial charge in [-0.3, -0.25) is 19.0 Å². The Labute approximate surface area is 217 Å². The molecule has 0 fully saturated rings. The predicted molar refractivity (Wildman–Crippen MR) is 137 cm³/mol. The molecule has 5 rings (SSSR count). The summed E-state index contributed by atoms with van der Waals surface area (Å²) in [5, 5.41) is 9.38. The highest BCUT2D eigenvalue weighted by Gasteiger charge is 2.30. The van der Waals surface area contributed by atoms with E-state index in [1.807, 2.05) is 30.3 Å². The van der Waals surface area contributed by atoms with Crippen molar-refractivity contribution in [1.29, 1.82) is 0 Å². The second-order valence-electron chi connectivity index (χ2n) is 8.39. The molecule has 38 heavy (non-hydrogen) atoms. The molecule has 0 saturated carbocycles. The molecule has 0 spiro atoms. The first kappa shape index (κ1) is 24.9. The Morgan fingerprint density at radius 1 is 1.13 bits per heavy atom. The van der Waals surface area contributed by atoms with E-state index < -0.39 is 15.9 Å². The summed E-state index contributed by atoms with van der Waals surface area (Å²) in [6.07, 6.45) is 6.14. The normalized spacial score (nSPS) is 14.5. The zero-order chi connectivity index (χ0) is 26.7. The summed E-state index contributed by atoms with van der Waals surface area (Å²) in [6.45, 7) is 0.140. The van der Waals surface area contributed by atoms with Crippen LogP contribution in [0.5, 0.6) is 0 Å². The van der Waals surface area contributed by atoms with Crippen LogP contribution in [0.25, 0.3) is 11.1 Å². The molecular formula is C25H23N7O5S. The SMILES string of the molecule is CNC(=O)Cn1cc(-c2ccc3c(c2)S(=O)(=O)NC(C(=O)NCC(c2ccccc2)c2ncco2)=N3)cn1. The minimum atomic E-state index is -4.08. The Morgan fingerprint density at radius 3 is 2.68 bits per heavy atom. The molecule has 4 aromatic rings. The van der Waals surface area contributed by atoms with Gasteiger partial charge in [0.1, 0.15) is 17.7 Å². The molecule has 0 aliphatic carbocycles. The molecule has 2 aromatic heterocycles. The first-order valence-electron chi connectivity index (χ1n) is 11.6. The average Bonchev–Trinajstić information content (AvgIpc) is 3.62. The van der Waals surface area contributed by atoms with Gasteiger partial charge in [0.05, 0.1) is 24.0 Å². The number of likely N-dealkylation sites (N-methyl/N-ethyl adjacent to an activating group) is 1. The summed E-state index contributed by atoms with van der Waals surface area (Å²) >= 11 is 0. The molecule has 3 heterocycles. The topological polar surface area (TPSA) is 161 Å². The summed E-state index contributed by atoms with van der Waals surface area (Å²) in [5.74, 6) is -1.21. The number of oxazole rings is 1. The van der Waals surface area contributed by atoms with Gasteiger partial charge in [0, 0.05) is 25.4 Å². The molecule has 1 atom stereocenters. The molecule has 2 aromatic carbocycles. The number of hydrogen-bond donors (Lipinski definition) is 3. The van der Waals surface area contributed by atoms with Crippen LogP contribution in [0.3, 0.4) is 0 Å². The highest BCUT2D eigenvalue weighted by molar-refractivity contribution is 7.90. The standard InChI is InChI=1S/C25H23N7O5S/c1-26-22(33)15-32-14-18(12-29-32)17-7-8-20-21(11-17)38(35,36)31-23(30-20)24(34)28-13-19(25-27-9-10-37-25)16-5-3-2-4-6-16/h2-12,14,19H,13,15H2,1H3,(H,26,33)(H,28,34)(H,30,31). The Balaban J connectivity index is 1.36. The van der Waals surface area contributed by atoms with Crippen molar-refractivity contribution < 1.29 is 22.4 Å². The molecule has 3 N–H and O–H groups in total. The Hall–Kier alpha value is -4.78. The molecule has 2 amide bonds. The number of nitrogens with zero attached hydrogens (tertiary/aromatic N) is 4. The van der Waals surface area contributed by atoms with E-state index in [0.29, 0.717) is 17.0 Å². The molecule has 13 heteroatoms. The summed E-state index contributed by atoms with van der Waals surface area (Å²) < 4.78 is 35.2. The lowest BCUT2D eigenvalue weighted by atomic mass is 9.99. The van der Waals surface area contributed by atoms with Gasteiger partial charge >= 0.3 is 0 Å². The van der Waals surface area contributed by atoms with Crippen molar-refractivity contribution in [2.75, 3.05) is 13.6 Å². The van der Waals surface area contributed by atoms with Crippen molar-refractivity contribution in [3.8, 4) is 11.1 Å². The van der Waals surface area contributed by atoms with E-state index in [9.17, 15) is 18.0 Å².